The second-order valence-corrected chi connectivity index (χ2v) is 4.47. The number of imide groups is 1. The largest absolute Gasteiger partial charge is 0.324 e. The molecule has 0 unspecified atom stereocenters. The first-order chi connectivity index (χ1) is 7.63. The maximum Gasteiger partial charge on any atom is 0.324 e. The monoisotopic (exact) mass is 216 g/mol. The summed E-state index contributed by atoms with van der Waals surface area (Å²) in [5.41, 5.74) is 1.65. The normalized spacial score (nSPS) is 21.4. The van der Waals surface area contributed by atoms with Crippen LogP contribution in [0.4, 0.5) is 4.79 Å². The van der Waals surface area contributed by atoms with Crippen LogP contribution in [0.2, 0.25) is 0 Å². The number of fused-ring (bicyclic) bond motifs is 1. The van der Waals surface area contributed by atoms with E-state index in [1.165, 1.54) is 16.0 Å². The molecule has 1 N–H and O–H groups in total. The zero-order valence-electron chi connectivity index (χ0n) is 8.99. The van der Waals surface area contributed by atoms with Gasteiger partial charge in [0, 0.05) is 19.9 Å². The summed E-state index contributed by atoms with van der Waals surface area (Å²) in [6.45, 7) is 0. The molecular formula is C12H12N2O2. The van der Waals surface area contributed by atoms with Gasteiger partial charge in [0.1, 0.15) is 5.54 Å². The third-order valence-electron chi connectivity index (χ3n) is 3.67. The van der Waals surface area contributed by atoms with Crippen molar-refractivity contribution in [2.45, 2.75) is 18.4 Å². The van der Waals surface area contributed by atoms with E-state index >= 15 is 0 Å². The van der Waals surface area contributed by atoms with Crippen LogP contribution in [0, 0.1) is 0 Å². The van der Waals surface area contributed by atoms with Gasteiger partial charge in [-0.2, -0.15) is 0 Å². The Kier molecular flexibility index (Phi) is 1.67. The van der Waals surface area contributed by atoms with Crippen LogP contribution < -0.4 is 5.32 Å². The van der Waals surface area contributed by atoms with Gasteiger partial charge < -0.3 is 4.90 Å². The molecule has 16 heavy (non-hydrogen) atoms. The molecule has 1 saturated heterocycles. The van der Waals surface area contributed by atoms with Crippen LogP contribution in [0.3, 0.4) is 0 Å². The number of hydrogen-bond acceptors (Lipinski definition) is 2. The number of nitrogens with zero attached hydrogens (tertiary/aromatic N) is 1. The van der Waals surface area contributed by atoms with E-state index in [4.69, 9.17) is 0 Å². The molecule has 0 bridgehead atoms. The average molecular weight is 216 g/mol. The number of amides is 3. The highest BCUT2D eigenvalue weighted by Gasteiger charge is 2.53. The number of hydrogen-bond donors (Lipinski definition) is 1. The van der Waals surface area contributed by atoms with Crippen LogP contribution in [-0.2, 0) is 17.6 Å². The zero-order valence-corrected chi connectivity index (χ0v) is 8.99. The standard InChI is InChI=1S/C12H12N2O2/c1-14-11(16)13-10(15)12(14)6-8-4-2-3-5-9(8)7-12/h2-5H,6-7H2,1H3,(H,13,15,16). The van der Waals surface area contributed by atoms with Crippen LogP contribution in [0.5, 0.6) is 0 Å². The second kappa shape index (κ2) is 2.84. The quantitative estimate of drug-likeness (QED) is 0.649. The molecule has 1 aliphatic carbocycles. The predicted molar refractivity (Wildman–Crippen MR) is 57.9 cm³/mol. The Morgan fingerprint density at radius 3 is 2.19 bits per heavy atom. The fraction of sp³-hybridized carbons (Fsp3) is 0.333. The lowest BCUT2D eigenvalue weighted by atomic mass is 9.95. The van der Waals surface area contributed by atoms with Crippen LogP contribution in [0.15, 0.2) is 24.3 Å². The minimum atomic E-state index is -0.680. The molecule has 4 heteroatoms. The van der Waals surface area contributed by atoms with Crippen molar-refractivity contribution in [3.8, 4) is 0 Å². The van der Waals surface area contributed by atoms with E-state index in [0.717, 1.165) is 0 Å². The Labute approximate surface area is 93.2 Å². The average Bonchev–Trinajstić information content (AvgIpc) is 2.75. The van der Waals surface area contributed by atoms with E-state index in [-0.39, 0.29) is 11.9 Å². The fourth-order valence-corrected chi connectivity index (χ4v) is 2.64. The number of likely N-dealkylation sites (N-methyl/N-ethyl adjacent to an activating group) is 1. The molecule has 2 aliphatic rings. The zero-order chi connectivity index (χ0) is 11.3. The van der Waals surface area contributed by atoms with Crippen LogP contribution >= 0.6 is 0 Å². The molecule has 0 saturated carbocycles. The van der Waals surface area contributed by atoms with E-state index in [2.05, 4.69) is 5.32 Å². The van der Waals surface area contributed by atoms with E-state index in [1.807, 2.05) is 24.3 Å². The molecule has 3 amide bonds. The number of nitrogens with one attached hydrogen (secondary N) is 1. The molecule has 82 valence electrons. The molecule has 1 aliphatic heterocycles. The molecule has 1 aromatic carbocycles. The molecule has 3 rings (SSSR count). The molecular weight excluding hydrogens is 204 g/mol. The van der Waals surface area contributed by atoms with Crippen LogP contribution in [0.1, 0.15) is 11.1 Å². The lowest BCUT2D eigenvalue weighted by Crippen LogP contribution is -2.48. The SMILES string of the molecule is CN1C(=O)NC(=O)C12Cc1ccccc1C2. The van der Waals surface area contributed by atoms with Crippen molar-refractivity contribution in [2.24, 2.45) is 0 Å². The highest BCUT2D eigenvalue weighted by Crippen LogP contribution is 2.36. The molecule has 0 atom stereocenters. The Morgan fingerprint density at radius 2 is 1.75 bits per heavy atom. The van der Waals surface area contributed by atoms with Crippen molar-refractivity contribution in [1.29, 1.82) is 0 Å². The number of urea groups is 1. The van der Waals surface area contributed by atoms with Gasteiger partial charge in [0.2, 0.25) is 0 Å². The predicted octanol–water partition coefficient (Wildman–Crippen LogP) is 0.706. The van der Waals surface area contributed by atoms with Gasteiger partial charge in [-0.1, -0.05) is 24.3 Å². The lowest BCUT2D eigenvalue weighted by molar-refractivity contribution is -0.125. The molecule has 4 nitrogen and oxygen atoms in total. The van der Waals surface area contributed by atoms with Gasteiger partial charge in [-0.25, -0.2) is 4.79 Å². The Morgan fingerprint density at radius 1 is 1.19 bits per heavy atom. The fourth-order valence-electron chi connectivity index (χ4n) is 2.64. The highest BCUT2D eigenvalue weighted by atomic mass is 16.2. The Bertz CT molecular complexity index is 471. The second-order valence-electron chi connectivity index (χ2n) is 4.47. The molecule has 1 heterocycles. The number of carbonyl (C=O) groups excluding carboxylic acids is 2. The van der Waals surface area contributed by atoms with E-state index < -0.39 is 5.54 Å². The lowest BCUT2D eigenvalue weighted by Gasteiger charge is -2.27. The van der Waals surface area contributed by atoms with Gasteiger partial charge in [-0.15, -0.1) is 0 Å². The molecule has 1 aromatic rings. The summed E-state index contributed by atoms with van der Waals surface area (Å²) in [6, 6.07) is 7.68. The van der Waals surface area contributed by atoms with Crippen molar-refractivity contribution in [1.82, 2.24) is 10.2 Å². The van der Waals surface area contributed by atoms with Crippen molar-refractivity contribution in [3.63, 3.8) is 0 Å². The van der Waals surface area contributed by atoms with E-state index in [0.29, 0.717) is 12.8 Å². The Hall–Kier alpha value is -1.84. The maximum absolute atomic E-state index is 11.9. The van der Waals surface area contributed by atoms with Gasteiger partial charge in [0.05, 0.1) is 0 Å². The van der Waals surface area contributed by atoms with Gasteiger partial charge >= 0.3 is 6.03 Å². The summed E-state index contributed by atoms with van der Waals surface area (Å²) in [6.07, 6.45) is 1.24. The molecule has 1 fully saturated rings. The number of benzene rings is 1. The third kappa shape index (κ3) is 0.988. The summed E-state index contributed by atoms with van der Waals surface area (Å²) < 4.78 is 0. The van der Waals surface area contributed by atoms with Gasteiger partial charge in [-0.3, -0.25) is 10.1 Å². The first kappa shape index (κ1) is 9.39. The first-order valence-corrected chi connectivity index (χ1v) is 5.29. The van der Waals surface area contributed by atoms with Crippen molar-refractivity contribution in [2.75, 3.05) is 7.05 Å². The highest BCUT2D eigenvalue weighted by molar-refractivity contribution is 6.07. The summed E-state index contributed by atoms with van der Waals surface area (Å²) in [5.74, 6) is -0.170. The van der Waals surface area contributed by atoms with Gasteiger partial charge in [0.25, 0.3) is 5.91 Å². The van der Waals surface area contributed by atoms with Crippen molar-refractivity contribution in [3.05, 3.63) is 35.4 Å². The van der Waals surface area contributed by atoms with Gasteiger partial charge in [-0.05, 0) is 11.1 Å². The summed E-state index contributed by atoms with van der Waals surface area (Å²) in [5, 5.41) is 2.38. The molecule has 0 radical (unpaired) electrons. The number of rotatable bonds is 0. The van der Waals surface area contributed by atoms with E-state index in [9.17, 15) is 9.59 Å². The topological polar surface area (TPSA) is 49.4 Å². The van der Waals surface area contributed by atoms with Crippen LogP contribution in [-0.4, -0.2) is 29.4 Å². The van der Waals surface area contributed by atoms with Crippen molar-refractivity contribution >= 4 is 11.9 Å². The summed E-state index contributed by atoms with van der Waals surface area (Å²) >= 11 is 0. The molecule has 0 aromatic heterocycles. The maximum atomic E-state index is 11.9. The summed E-state index contributed by atoms with van der Waals surface area (Å²) in [7, 11) is 1.69. The Balaban J connectivity index is 2.06. The smallest absolute Gasteiger partial charge is 0.312 e. The first-order valence-electron chi connectivity index (χ1n) is 5.29. The third-order valence-corrected chi connectivity index (χ3v) is 3.67. The molecule has 1 spiro atoms. The summed E-state index contributed by atoms with van der Waals surface area (Å²) in [4.78, 5) is 24.9. The minimum absolute atomic E-state index is 0.170. The van der Waals surface area contributed by atoms with Gasteiger partial charge in [0.15, 0.2) is 0 Å². The number of carbonyl (C=O) groups is 2. The van der Waals surface area contributed by atoms with Crippen molar-refractivity contribution < 1.29 is 9.59 Å². The van der Waals surface area contributed by atoms with E-state index in [1.54, 1.807) is 7.05 Å². The van der Waals surface area contributed by atoms with Crippen LogP contribution in [0.25, 0.3) is 0 Å². The minimum Gasteiger partial charge on any atom is -0.312 e.